The Labute approximate surface area is 99.5 Å². The molecule has 1 fully saturated rings. The van der Waals surface area contributed by atoms with Crippen LogP contribution in [0.15, 0.2) is 0 Å². The van der Waals surface area contributed by atoms with E-state index in [9.17, 15) is 14.4 Å². The van der Waals surface area contributed by atoms with Gasteiger partial charge in [-0.1, -0.05) is 0 Å². The molecule has 1 aliphatic rings. The van der Waals surface area contributed by atoms with Crippen LogP contribution in [-0.2, 0) is 9.59 Å². The van der Waals surface area contributed by atoms with E-state index in [1.807, 2.05) is 5.32 Å². The van der Waals surface area contributed by atoms with Crippen molar-refractivity contribution < 1.29 is 14.4 Å². The van der Waals surface area contributed by atoms with Crippen molar-refractivity contribution in [1.29, 1.82) is 0 Å². The van der Waals surface area contributed by atoms with Gasteiger partial charge in [0.05, 0.1) is 6.04 Å². The van der Waals surface area contributed by atoms with Crippen molar-refractivity contribution in [3.05, 3.63) is 0 Å². The quantitative estimate of drug-likeness (QED) is 0.470. The largest absolute Gasteiger partial charge is 0.353 e. The maximum absolute atomic E-state index is 11.3. The molecule has 0 radical (unpaired) electrons. The van der Waals surface area contributed by atoms with Gasteiger partial charge in [-0.15, -0.1) is 0 Å². The zero-order chi connectivity index (χ0) is 12.8. The minimum Gasteiger partial charge on any atom is -0.353 e. The third-order valence-corrected chi connectivity index (χ3v) is 2.38. The predicted molar refractivity (Wildman–Crippen MR) is 61.0 cm³/mol. The number of urea groups is 1. The lowest BCUT2D eigenvalue weighted by Gasteiger charge is -2.12. The Morgan fingerprint density at radius 3 is 2.53 bits per heavy atom. The van der Waals surface area contributed by atoms with Crippen LogP contribution in [0, 0.1) is 0 Å². The number of hydrogen-bond acceptors (Lipinski definition) is 4. The van der Waals surface area contributed by atoms with Crippen LogP contribution in [0.3, 0.4) is 0 Å². The number of amides is 4. The van der Waals surface area contributed by atoms with E-state index in [1.54, 1.807) is 6.92 Å². The number of carbonyl (C=O) groups excluding carboxylic acids is 3. The van der Waals surface area contributed by atoms with E-state index in [4.69, 9.17) is 5.73 Å². The van der Waals surface area contributed by atoms with Crippen molar-refractivity contribution in [2.75, 3.05) is 6.54 Å². The first-order valence-electron chi connectivity index (χ1n) is 5.62. The van der Waals surface area contributed by atoms with E-state index in [0.29, 0.717) is 19.0 Å². The molecule has 1 atom stereocenters. The number of rotatable bonds is 6. The average Bonchev–Trinajstić information content (AvgIpc) is 3.00. The monoisotopic (exact) mass is 242 g/mol. The first-order valence-corrected chi connectivity index (χ1v) is 5.62. The van der Waals surface area contributed by atoms with E-state index in [0.717, 1.165) is 12.8 Å². The summed E-state index contributed by atoms with van der Waals surface area (Å²) >= 11 is 0. The van der Waals surface area contributed by atoms with Crippen molar-refractivity contribution in [2.45, 2.75) is 38.3 Å². The summed E-state index contributed by atoms with van der Waals surface area (Å²) < 4.78 is 0. The van der Waals surface area contributed by atoms with Crippen LogP contribution in [0.4, 0.5) is 4.79 Å². The number of nitrogens with two attached hydrogens (primary N) is 1. The Bertz CT molecular complexity index is 315. The highest BCUT2D eigenvalue weighted by molar-refractivity contribution is 5.96. The molecular weight excluding hydrogens is 224 g/mol. The maximum atomic E-state index is 11.3. The van der Waals surface area contributed by atoms with Crippen LogP contribution in [0.1, 0.15) is 26.2 Å². The van der Waals surface area contributed by atoms with Crippen LogP contribution >= 0.6 is 0 Å². The van der Waals surface area contributed by atoms with Gasteiger partial charge in [0.15, 0.2) is 0 Å². The molecular formula is C10H18N4O3. The molecule has 0 aromatic carbocycles. The third kappa shape index (κ3) is 5.86. The fourth-order valence-corrected chi connectivity index (χ4v) is 1.25. The molecule has 0 aliphatic heterocycles. The zero-order valence-electron chi connectivity index (χ0n) is 9.79. The van der Waals surface area contributed by atoms with Crippen molar-refractivity contribution >= 4 is 17.8 Å². The normalized spacial score (nSPS) is 16.1. The summed E-state index contributed by atoms with van der Waals surface area (Å²) in [6, 6.07) is -1.09. The van der Waals surface area contributed by atoms with Crippen LogP contribution in [0.25, 0.3) is 0 Å². The van der Waals surface area contributed by atoms with E-state index < -0.39 is 18.0 Å². The summed E-state index contributed by atoms with van der Waals surface area (Å²) in [5.74, 6) is -0.525. The molecule has 0 saturated heterocycles. The molecule has 4 amide bonds. The standard InChI is InChI=1S/C10H18N4O3/c1-6(9(16)14-10(11)17)12-5-4-8(15)13-7-2-3-7/h6-7,12H,2-5H2,1H3,(H,13,15)(H3,11,14,16,17). The third-order valence-electron chi connectivity index (χ3n) is 2.38. The van der Waals surface area contributed by atoms with Crippen molar-refractivity contribution in [3.8, 4) is 0 Å². The molecule has 0 aromatic rings. The summed E-state index contributed by atoms with van der Waals surface area (Å²) in [6.07, 6.45) is 2.41. The minimum absolute atomic E-state index is 0.0255. The molecule has 1 unspecified atom stereocenters. The fraction of sp³-hybridized carbons (Fsp3) is 0.700. The Morgan fingerprint density at radius 2 is 2.00 bits per heavy atom. The summed E-state index contributed by atoms with van der Waals surface area (Å²) in [7, 11) is 0. The molecule has 0 heterocycles. The van der Waals surface area contributed by atoms with Gasteiger partial charge >= 0.3 is 6.03 Å². The van der Waals surface area contributed by atoms with Gasteiger partial charge in [-0.25, -0.2) is 4.79 Å². The van der Waals surface area contributed by atoms with E-state index in [-0.39, 0.29) is 5.91 Å². The molecule has 7 heteroatoms. The van der Waals surface area contributed by atoms with Gasteiger partial charge in [-0.05, 0) is 19.8 Å². The lowest BCUT2D eigenvalue weighted by molar-refractivity contribution is -0.123. The SMILES string of the molecule is CC(NCCC(=O)NC1CC1)C(=O)NC(N)=O. The molecule has 1 aliphatic carbocycles. The molecule has 1 saturated carbocycles. The van der Waals surface area contributed by atoms with Gasteiger partial charge in [-0.2, -0.15) is 0 Å². The van der Waals surface area contributed by atoms with Crippen LogP contribution in [0.5, 0.6) is 0 Å². The average molecular weight is 242 g/mol. The fourth-order valence-electron chi connectivity index (χ4n) is 1.25. The highest BCUT2D eigenvalue weighted by Crippen LogP contribution is 2.18. The Hall–Kier alpha value is -1.63. The number of hydrogen-bond donors (Lipinski definition) is 4. The van der Waals surface area contributed by atoms with E-state index in [1.165, 1.54) is 0 Å². The highest BCUT2D eigenvalue weighted by Gasteiger charge is 2.23. The lowest BCUT2D eigenvalue weighted by Crippen LogP contribution is -2.47. The van der Waals surface area contributed by atoms with Crippen molar-refractivity contribution in [2.24, 2.45) is 5.73 Å². The molecule has 7 nitrogen and oxygen atoms in total. The van der Waals surface area contributed by atoms with E-state index in [2.05, 4.69) is 10.6 Å². The van der Waals surface area contributed by atoms with Gasteiger partial charge in [0.2, 0.25) is 11.8 Å². The van der Waals surface area contributed by atoms with E-state index >= 15 is 0 Å². The van der Waals surface area contributed by atoms with Gasteiger partial charge in [0, 0.05) is 19.0 Å². The Kier molecular flexibility index (Phi) is 4.89. The maximum Gasteiger partial charge on any atom is 0.318 e. The summed E-state index contributed by atoms with van der Waals surface area (Å²) in [6.45, 7) is 1.98. The van der Waals surface area contributed by atoms with Gasteiger partial charge < -0.3 is 16.4 Å². The van der Waals surface area contributed by atoms with Crippen LogP contribution < -0.4 is 21.7 Å². The minimum atomic E-state index is -0.880. The number of nitrogens with one attached hydrogen (secondary N) is 3. The summed E-state index contributed by atoms with van der Waals surface area (Å²) in [5.41, 5.74) is 4.81. The highest BCUT2D eigenvalue weighted by atomic mass is 16.2. The molecule has 1 rings (SSSR count). The van der Waals surface area contributed by atoms with Gasteiger partial charge in [0.1, 0.15) is 0 Å². The number of carbonyl (C=O) groups is 3. The summed E-state index contributed by atoms with van der Waals surface area (Å²) in [4.78, 5) is 33.0. The first kappa shape index (κ1) is 13.4. The van der Waals surface area contributed by atoms with Crippen LogP contribution in [0.2, 0.25) is 0 Å². The molecule has 0 spiro atoms. The number of primary amides is 1. The zero-order valence-corrected chi connectivity index (χ0v) is 9.79. The second-order valence-corrected chi connectivity index (χ2v) is 4.12. The molecule has 0 aromatic heterocycles. The first-order chi connectivity index (χ1) is 7.99. The molecule has 5 N–H and O–H groups in total. The number of imide groups is 1. The van der Waals surface area contributed by atoms with Crippen molar-refractivity contribution in [1.82, 2.24) is 16.0 Å². The molecule has 96 valence electrons. The second kappa shape index (κ2) is 6.19. The molecule has 0 bridgehead atoms. The second-order valence-electron chi connectivity index (χ2n) is 4.12. The molecule has 17 heavy (non-hydrogen) atoms. The van der Waals surface area contributed by atoms with Gasteiger partial charge in [0.25, 0.3) is 0 Å². The predicted octanol–water partition coefficient (Wildman–Crippen LogP) is -1.17. The Balaban J connectivity index is 2.09. The lowest BCUT2D eigenvalue weighted by atomic mass is 10.3. The summed E-state index contributed by atoms with van der Waals surface area (Å²) in [5, 5.41) is 7.63. The van der Waals surface area contributed by atoms with Gasteiger partial charge in [-0.3, -0.25) is 14.9 Å². The topological polar surface area (TPSA) is 113 Å². The Morgan fingerprint density at radius 1 is 1.35 bits per heavy atom. The van der Waals surface area contributed by atoms with Crippen LogP contribution in [-0.4, -0.2) is 36.5 Å². The van der Waals surface area contributed by atoms with Crippen molar-refractivity contribution in [3.63, 3.8) is 0 Å². The smallest absolute Gasteiger partial charge is 0.318 e.